The van der Waals surface area contributed by atoms with E-state index in [2.05, 4.69) is 43.8 Å². The van der Waals surface area contributed by atoms with Gasteiger partial charge >= 0.3 is 0 Å². The van der Waals surface area contributed by atoms with Crippen molar-refractivity contribution in [3.05, 3.63) is 0 Å². The molecule has 0 aliphatic heterocycles. The Morgan fingerprint density at radius 1 is 0.533 bits per heavy atom. The molecular weight excluding hydrogens is 767 g/mol. The van der Waals surface area contributed by atoms with Crippen molar-refractivity contribution in [2.24, 2.45) is 34.2 Å². The van der Waals surface area contributed by atoms with Crippen LogP contribution >= 0.6 is 0 Å². The molecule has 0 saturated carbocycles. The maximum atomic E-state index is 13.9. The van der Waals surface area contributed by atoms with E-state index in [4.69, 9.17) is 11.5 Å². The number of carbonyl (C=O) groups is 7. The fourth-order valence-corrected chi connectivity index (χ4v) is 6.78. The van der Waals surface area contributed by atoms with Crippen molar-refractivity contribution in [3.63, 3.8) is 0 Å². The molecule has 16 nitrogen and oxygen atoms in total. The SMILES string of the molecule is CCCCCCCCCCCCCCCC(=O)N[C@@H](CC(C)=O)C(=O)N[C@H](C(=O)N[C@H](C(=O)N[C@@H](CCCN=C(N)N)C(=O)N[C@H](C(=O)NC)C(C)C)C(C)C)[C@@H](C)CC. The van der Waals surface area contributed by atoms with Crippen molar-refractivity contribution >= 4 is 47.2 Å². The lowest BCUT2D eigenvalue weighted by atomic mass is 9.95. The van der Waals surface area contributed by atoms with Gasteiger partial charge in [0.25, 0.3) is 0 Å². The Morgan fingerprint density at radius 2 is 0.983 bits per heavy atom. The van der Waals surface area contributed by atoms with Crippen LogP contribution in [-0.2, 0) is 33.6 Å². The van der Waals surface area contributed by atoms with Gasteiger partial charge in [-0.1, -0.05) is 132 Å². The minimum absolute atomic E-state index is 0.120. The van der Waals surface area contributed by atoms with Crippen LogP contribution in [0.15, 0.2) is 4.99 Å². The molecule has 6 amide bonds. The molecule has 0 aromatic heterocycles. The highest BCUT2D eigenvalue weighted by molar-refractivity contribution is 5.97. The number of nitrogens with one attached hydrogen (secondary N) is 6. The lowest BCUT2D eigenvalue weighted by Gasteiger charge is -2.30. The average molecular weight is 850 g/mol. The highest BCUT2D eigenvalue weighted by Gasteiger charge is 2.35. The molecule has 6 atom stereocenters. The third-order valence-corrected chi connectivity index (χ3v) is 10.8. The first-order valence-electron chi connectivity index (χ1n) is 22.7. The molecule has 346 valence electrons. The summed E-state index contributed by atoms with van der Waals surface area (Å²) in [5, 5.41) is 16.2. The number of amides is 6. The number of ketones is 1. The van der Waals surface area contributed by atoms with E-state index < -0.39 is 71.6 Å². The Kier molecular flexibility index (Phi) is 30.2. The number of nitrogens with zero attached hydrogens (tertiary/aromatic N) is 1. The van der Waals surface area contributed by atoms with Gasteiger partial charge in [0.1, 0.15) is 36.0 Å². The number of unbranched alkanes of at least 4 members (excludes halogenated alkanes) is 12. The monoisotopic (exact) mass is 850 g/mol. The van der Waals surface area contributed by atoms with Crippen LogP contribution in [0.1, 0.15) is 171 Å². The van der Waals surface area contributed by atoms with Crippen LogP contribution in [0.2, 0.25) is 0 Å². The second-order valence-electron chi connectivity index (χ2n) is 17.0. The van der Waals surface area contributed by atoms with Crippen LogP contribution in [-0.4, -0.2) is 91.0 Å². The lowest BCUT2D eigenvalue weighted by molar-refractivity contribution is -0.137. The summed E-state index contributed by atoms with van der Waals surface area (Å²) in [7, 11) is 1.46. The number of aliphatic imine (C=N–C) groups is 1. The summed E-state index contributed by atoms with van der Waals surface area (Å²) in [5.74, 6) is -4.81. The number of likely N-dealkylation sites (N-methyl/N-ethyl adjacent to an activating group) is 1. The molecule has 0 spiro atoms. The van der Waals surface area contributed by atoms with E-state index in [-0.39, 0.29) is 49.4 Å². The van der Waals surface area contributed by atoms with Crippen LogP contribution in [0.4, 0.5) is 0 Å². The number of rotatable bonds is 34. The first-order valence-corrected chi connectivity index (χ1v) is 22.7. The van der Waals surface area contributed by atoms with Crippen molar-refractivity contribution in [2.45, 2.75) is 201 Å². The van der Waals surface area contributed by atoms with E-state index in [9.17, 15) is 33.6 Å². The van der Waals surface area contributed by atoms with Crippen molar-refractivity contribution in [1.29, 1.82) is 0 Å². The lowest BCUT2D eigenvalue weighted by Crippen LogP contribution is -2.61. The van der Waals surface area contributed by atoms with Crippen molar-refractivity contribution < 1.29 is 33.6 Å². The molecule has 0 aliphatic rings. The molecule has 60 heavy (non-hydrogen) atoms. The van der Waals surface area contributed by atoms with E-state index in [1.54, 1.807) is 34.6 Å². The van der Waals surface area contributed by atoms with Gasteiger partial charge in [-0.2, -0.15) is 0 Å². The van der Waals surface area contributed by atoms with Crippen molar-refractivity contribution in [2.75, 3.05) is 13.6 Å². The summed E-state index contributed by atoms with van der Waals surface area (Å²) in [6, 6.07) is -5.38. The maximum Gasteiger partial charge on any atom is 0.243 e. The Labute approximate surface area is 360 Å². The minimum atomic E-state index is -1.18. The van der Waals surface area contributed by atoms with E-state index in [1.165, 1.54) is 71.8 Å². The zero-order chi connectivity index (χ0) is 45.6. The van der Waals surface area contributed by atoms with Gasteiger partial charge in [0.2, 0.25) is 35.4 Å². The van der Waals surface area contributed by atoms with Crippen LogP contribution in [0.25, 0.3) is 0 Å². The highest BCUT2D eigenvalue weighted by Crippen LogP contribution is 2.15. The standard InChI is InChI=1S/C44H83N9O7/c1-10-12-13-14-15-16-17-18-19-20-21-22-23-26-35(55)49-34(28-32(8)54)40(57)53-38(31(7)11-2)43(60)52-37(30(5)6)42(59)50-33(25-24-27-48-44(45)46)39(56)51-36(29(3)4)41(58)47-9/h29-31,33-34,36-38H,10-28H2,1-9H3,(H,47,58)(H,49,55)(H,50,59)(H,51,56)(H,52,60)(H,53,57)(H4,45,46,48)/t31-,33-,34-,36-,37-,38-/m0/s1. The Balaban J connectivity index is 5.65. The van der Waals surface area contributed by atoms with Crippen molar-refractivity contribution in [1.82, 2.24) is 31.9 Å². The van der Waals surface area contributed by atoms with Gasteiger partial charge in [0.15, 0.2) is 5.96 Å². The fourth-order valence-electron chi connectivity index (χ4n) is 6.78. The number of Topliss-reactive ketones (excluding diaryl/α,β-unsaturated/α-hetero) is 1. The van der Waals surface area contributed by atoms with Gasteiger partial charge in [-0.05, 0) is 43.9 Å². The number of nitrogens with two attached hydrogens (primary N) is 2. The molecule has 0 saturated heterocycles. The zero-order valence-electron chi connectivity index (χ0n) is 38.5. The first kappa shape index (κ1) is 55.8. The Morgan fingerprint density at radius 3 is 1.45 bits per heavy atom. The van der Waals surface area contributed by atoms with E-state index in [0.717, 1.165) is 19.3 Å². The van der Waals surface area contributed by atoms with E-state index >= 15 is 0 Å². The average Bonchev–Trinajstić information content (AvgIpc) is 3.19. The molecule has 0 radical (unpaired) electrons. The molecule has 0 fully saturated rings. The quantitative estimate of drug-likeness (QED) is 0.0264. The zero-order valence-corrected chi connectivity index (χ0v) is 38.5. The first-order chi connectivity index (χ1) is 28.4. The summed E-state index contributed by atoms with van der Waals surface area (Å²) in [6.45, 7) is 14.4. The molecule has 10 N–H and O–H groups in total. The molecule has 0 aromatic rings. The second kappa shape index (κ2) is 32.5. The summed E-state index contributed by atoms with van der Waals surface area (Å²) in [4.78, 5) is 96.5. The molecule has 0 rings (SSSR count). The molecule has 16 heteroatoms. The fraction of sp³-hybridized carbons (Fsp3) is 0.818. The van der Waals surface area contributed by atoms with Crippen molar-refractivity contribution in [3.8, 4) is 0 Å². The third kappa shape index (κ3) is 24.7. The smallest absolute Gasteiger partial charge is 0.243 e. The molecule has 0 aromatic carbocycles. The minimum Gasteiger partial charge on any atom is -0.370 e. The summed E-state index contributed by atoms with van der Waals surface area (Å²) in [6.07, 6.45) is 16.2. The van der Waals surface area contributed by atoms with E-state index in [1.807, 2.05) is 6.92 Å². The van der Waals surface area contributed by atoms with Gasteiger partial charge in [0, 0.05) is 26.4 Å². The van der Waals surface area contributed by atoms with Gasteiger partial charge in [0.05, 0.1) is 0 Å². The number of guanidine groups is 1. The van der Waals surface area contributed by atoms with E-state index in [0.29, 0.717) is 19.3 Å². The number of hydrogen-bond acceptors (Lipinski definition) is 8. The molecule has 0 unspecified atom stereocenters. The van der Waals surface area contributed by atoms with Gasteiger partial charge in [-0.15, -0.1) is 0 Å². The predicted molar refractivity (Wildman–Crippen MR) is 238 cm³/mol. The van der Waals surface area contributed by atoms with Gasteiger partial charge in [-0.25, -0.2) is 0 Å². The normalized spacial score (nSPS) is 14.2. The van der Waals surface area contributed by atoms with Crippen LogP contribution in [0, 0.1) is 17.8 Å². The molecule has 0 bridgehead atoms. The largest absolute Gasteiger partial charge is 0.370 e. The maximum absolute atomic E-state index is 13.9. The van der Waals surface area contributed by atoms with Gasteiger partial charge < -0.3 is 43.4 Å². The second-order valence-corrected chi connectivity index (χ2v) is 17.0. The number of hydrogen-bond donors (Lipinski definition) is 8. The highest BCUT2D eigenvalue weighted by atomic mass is 16.2. The summed E-state index contributed by atoms with van der Waals surface area (Å²) >= 11 is 0. The molecule has 0 aliphatic carbocycles. The molecular formula is C44H83N9O7. The van der Waals surface area contributed by atoms with Gasteiger partial charge in [-0.3, -0.25) is 38.6 Å². The number of carbonyl (C=O) groups excluding carboxylic acids is 7. The topological polar surface area (TPSA) is 256 Å². The van der Waals surface area contributed by atoms with Crippen LogP contribution in [0.5, 0.6) is 0 Å². The third-order valence-electron chi connectivity index (χ3n) is 10.8. The molecule has 0 heterocycles. The Bertz CT molecular complexity index is 1340. The summed E-state index contributed by atoms with van der Waals surface area (Å²) < 4.78 is 0. The van der Waals surface area contributed by atoms with Crippen LogP contribution < -0.4 is 43.4 Å². The Hall–Kier alpha value is -4.24. The predicted octanol–water partition coefficient (Wildman–Crippen LogP) is 4.03. The van der Waals surface area contributed by atoms with Crippen LogP contribution in [0.3, 0.4) is 0 Å². The summed E-state index contributed by atoms with van der Waals surface area (Å²) in [5.41, 5.74) is 10.9.